The molecule has 0 unspecified atom stereocenters. The number of hydrogen-bond donors (Lipinski definition) is 1. The Morgan fingerprint density at radius 1 is 1.28 bits per heavy atom. The molecular weight excluding hydrogens is 226 g/mol. The van der Waals surface area contributed by atoms with E-state index in [0.717, 1.165) is 29.2 Å². The van der Waals surface area contributed by atoms with E-state index < -0.39 is 0 Å². The van der Waals surface area contributed by atoms with Crippen LogP contribution in [0.3, 0.4) is 0 Å². The maximum Gasteiger partial charge on any atom is 0.119 e. The molecule has 4 nitrogen and oxygen atoms in total. The second kappa shape index (κ2) is 5.69. The van der Waals surface area contributed by atoms with Gasteiger partial charge in [0.1, 0.15) is 5.75 Å². The Morgan fingerprint density at radius 2 is 2.00 bits per heavy atom. The molecule has 2 N–H and O–H groups in total. The number of nitrogens with zero attached hydrogens (tertiary/aromatic N) is 2. The minimum absolute atomic E-state index is 0.588. The van der Waals surface area contributed by atoms with Gasteiger partial charge in [-0.2, -0.15) is 5.10 Å². The van der Waals surface area contributed by atoms with Gasteiger partial charge in [-0.15, -0.1) is 0 Å². The second-order valence-corrected chi connectivity index (χ2v) is 4.14. The van der Waals surface area contributed by atoms with Crippen molar-refractivity contribution in [3.8, 4) is 17.0 Å². The summed E-state index contributed by atoms with van der Waals surface area (Å²) in [6.07, 6.45) is 0. The highest BCUT2D eigenvalue weighted by Gasteiger charge is 2.07. The van der Waals surface area contributed by atoms with Gasteiger partial charge in [0, 0.05) is 12.1 Å². The van der Waals surface area contributed by atoms with Crippen LogP contribution in [-0.2, 0) is 6.54 Å². The van der Waals surface area contributed by atoms with Gasteiger partial charge in [0.05, 0.1) is 24.5 Å². The molecule has 0 amide bonds. The molecule has 0 atom stereocenters. The molecule has 0 saturated carbocycles. The molecule has 0 aliphatic rings. The number of rotatable bonds is 5. The first-order valence-corrected chi connectivity index (χ1v) is 6.22. The van der Waals surface area contributed by atoms with E-state index in [4.69, 9.17) is 10.5 Å². The van der Waals surface area contributed by atoms with Crippen LogP contribution in [0.15, 0.2) is 30.3 Å². The quantitative estimate of drug-likeness (QED) is 0.878. The van der Waals surface area contributed by atoms with E-state index in [1.807, 2.05) is 30.7 Å². The predicted octanol–water partition coefficient (Wildman–Crippen LogP) is 2.22. The summed E-state index contributed by atoms with van der Waals surface area (Å²) in [6.45, 7) is 5.98. The molecule has 18 heavy (non-hydrogen) atoms. The first-order chi connectivity index (χ1) is 8.74. The Hall–Kier alpha value is -1.81. The topological polar surface area (TPSA) is 53.1 Å². The summed E-state index contributed by atoms with van der Waals surface area (Å²) in [4.78, 5) is 0. The summed E-state index contributed by atoms with van der Waals surface area (Å²) in [5, 5.41) is 4.44. The molecule has 1 aromatic heterocycles. The van der Waals surface area contributed by atoms with E-state index >= 15 is 0 Å². The molecule has 0 aliphatic heterocycles. The van der Waals surface area contributed by atoms with Crippen molar-refractivity contribution in [1.29, 1.82) is 0 Å². The monoisotopic (exact) mass is 245 g/mol. The Balaban J connectivity index is 2.29. The van der Waals surface area contributed by atoms with Gasteiger partial charge in [-0.1, -0.05) is 0 Å². The normalized spacial score (nSPS) is 10.6. The lowest BCUT2D eigenvalue weighted by Crippen LogP contribution is -2.12. The van der Waals surface area contributed by atoms with Gasteiger partial charge >= 0.3 is 0 Å². The van der Waals surface area contributed by atoms with Crippen molar-refractivity contribution in [1.82, 2.24) is 9.78 Å². The van der Waals surface area contributed by atoms with Crippen molar-refractivity contribution in [2.24, 2.45) is 5.73 Å². The van der Waals surface area contributed by atoms with Crippen LogP contribution in [-0.4, -0.2) is 22.9 Å². The number of hydrogen-bond acceptors (Lipinski definition) is 3. The summed E-state index contributed by atoms with van der Waals surface area (Å²) in [7, 11) is 0. The van der Waals surface area contributed by atoms with Crippen molar-refractivity contribution in [2.75, 3.05) is 13.2 Å². The SMILES string of the molecule is CCOc1ccc(-c2cc(C)nn2CCN)cc1. The van der Waals surface area contributed by atoms with Gasteiger partial charge in [0.15, 0.2) is 0 Å². The van der Waals surface area contributed by atoms with Crippen LogP contribution in [0.1, 0.15) is 12.6 Å². The minimum atomic E-state index is 0.588. The second-order valence-electron chi connectivity index (χ2n) is 4.14. The molecule has 1 heterocycles. The first kappa shape index (κ1) is 12.6. The molecule has 0 radical (unpaired) electrons. The molecule has 0 aliphatic carbocycles. The van der Waals surface area contributed by atoms with Crippen LogP contribution >= 0.6 is 0 Å². The Morgan fingerprint density at radius 3 is 2.61 bits per heavy atom. The Labute approximate surface area is 107 Å². The maximum atomic E-state index is 5.60. The van der Waals surface area contributed by atoms with Crippen molar-refractivity contribution in [3.05, 3.63) is 36.0 Å². The molecule has 2 aromatic rings. The lowest BCUT2D eigenvalue weighted by atomic mass is 10.1. The summed E-state index contributed by atoms with van der Waals surface area (Å²) in [5.74, 6) is 0.892. The molecule has 0 fully saturated rings. The molecule has 1 aromatic carbocycles. The van der Waals surface area contributed by atoms with Gasteiger partial charge in [-0.25, -0.2) is 0 Å². The fourth-order valence-electron chi connectivity index (χ4n) is 1.96. The largest absolute Gasteiger partial charge is 0.494 e. The van der Waals surface area contributed by atoms with Crippen molar-refractivity contribution in [3.63, 3.8) is 0 Å². The van der Waals surface area contributed by atoms with E-state index in [2.05, 4.69) is 23.3 Å². The first-order valence-electron chi connectivity index (χ1n) is 6.22. The van der Waals surface area contributed by atoms with Crippen LogP contribution in [0.5, 0.6) is 5.75 Å². The predicted molar refractivity (Wildman–Crippen MR) is 72.6 cm³/mol. The van der Waals surface area contributed by atoms with Gasteiger partial charge < -0.3 is 10.5 Å². The summed E-state index contributed by atoms with van der Waals surface area (Å²) in [6, 6.07) is 10.1. The minimum Gasteiger partial charge on any atom is -0.494 e. The lowest BCUT2D eigenvalue weighted by Gasteiger charge is -2.07. The van der Waals surface area contributed by atoms with E-state index in [1.165, 1.54) is 0 Å². The lowest BCUT2D eigenvalue weighted by molar-refractivity contribution is 0.340. The highest BCUT2D eigenvalue weighted by molar-refractivity contribution is 5.61. The summed E-state index contributed by atoms with van der Waals surface area (Å²) in [5.41, 5.74) is 8.84. The van der Waals surface area contributed by atoms with Crippen LogP contribution in [0.4, 0.5) is 0 Å². The van der Waals surface area contributed by atoms with Gasteiger partial charge in [-0.05, 0) is 44.2 Å². The van der Waals surface area contributed by atoms with Gasteiger partial charge in [0.25, 0.3) is 0 Å². The van der Waals surface area contributed by atoms with Gasteiger partial charge in [0.2, 0.25) is 0 Å². The highest BCUT2D eigenvalue weighted by Crippen LogP contribution is 2.23. The summed E-state index contributed by atoms with van der Waals surface area (Å²) < 4.78 is 7.39. The van der Waals surface area contributed by atoms with Crippen LogP contribution in [0.2, 0.25) is 0 Å². The third kappa shape index (κ3) is 2.71. The fourth-order valence-corrected chi connectivity index (χ4v) is 1.96. The standard InChI is InChI=1S/C14H19N3O/c1-3-18-13-6-4-12(5-7-13)14-10-11(2)16-17(14)9-8-15/h4-7,10H,3,8-9,15H2,1-2H3. The molecule has 0 spiro atoms. The average Bonchev–Trinajstić information content (AvgIpc) is 2.72. The number of nitrogens with two attached hydrogens (primary N) is 1. The molecule has 4 heteroatoms. The third-order valence-electron chi connectivity index (χ3n) is 2.70. The number of aryl methyl sites for hydroxylation is 1. The zero-order valence-electron chi connectivity index (χ0n) is 10.9. The highest BCUT2D eigenvalue weighted by atomic mass is 16.5. The van der Waals surface area contributed by atoms with E-state index in [0.29, 0.717) is 13.2 Å². The average molecular weight is 245 g/mol. The van der Waals surface area contributed by atoms with E-state index in [-0.39, 0.29) is 0 Å². The third-order valence-corrected chi connectivity index (χ3v) is 2.70. The van der Waals surface area contributed by atoms with Gasteiger partial charge in [-0.3, -0.25) is 4.68 Å². The maximum absolute atomic E-state index is 5.60. The zero-order valence-corrected chi connectivity index (χ0v) is 10.9. The molecule has 0 bridgehead atoms. The fraction of sp³-hybridized carbons (Fsp3) is 0.357. The number of benzene rings is 1. The van der Waals surface area contributed by atoms with E-state index in [9.17, 15) is 0 Å². The molecule has 96 valence electrons. The smallest absolute Gasteiger partial charge is 0.119 e. The Bertz CT molecular complexity index is 502. The zero-order chi connectivity index (χ0) is 13.0. The van der Waals surface area contributed by atoms with Crippen molar-refractivity contribution < 1.29 is 4.74 Å². The molecule has 2 rings (SSSR count). The Kier molecular flexibility index (Phi) is 3.99. The summed E-state index contributed by atoms with van der Waals surface area (Å²) >= 11 is 0. The number of aromatic nitrogens is 2. The van der Waals surface area contributed by atoms with Crippen LogP contribution < -0.4 is 10.5 Å². The molecular formula is C14H19N3O. The number of ether oxygens (including phenoxy) is 1. The van der Waals surface area contributed by atoms with Crippen LogP contribution in [0, 0.1) is 6.92 Å². The van der Waals surface area contributed by atoms with Crippen molar-refractivity contribution >= 4 is 0 Å². The van der Waals surface area contributed by atoms with Crippen LogP contribution in [0.25, 0.3) is 11.3 Å². The molecule has 0 saturated heterocycles. The van der Waals surface area contributed by atoms with E-state index in [1.54, 1.807) is 0 Å². The van der Waals surface area contributed by atoms with Crippen molar-refractivity contribution in [2.45, 2.75) is 20.4 Å².